The smallest absolute Gasteiger partial charge is 0.379 e. The summed E-state index contributed by atoms with van der Waals surface area (Å²) in [5, 5.41) is 0. The predicted octanol–water partition coefficient (Wildman–Crippen LogP) is 6.65. The molecule has 1 rings (SSSR count). The Morgan fingerprint density at radius 2 is 0.642 bits per heavy atom. The van der Waals surface area contributed by atoms with Crippen LogP contribution >= 0.6 is 0 Å². The average Bonchev–Trinajstić information content (AvgIpc) is 3.18. The van der Waals surface area contributed by atoms with E-state index in [0.717, 1.165) is 13.0 Å². The fourth-order valence-electron chi connectivity index (χ4n) is 5.05. The number of esters is 1. The van der Waals surface area contributed by atoms with Crippen molar-refractivity contribution in [2.75, 3.05) is 126 Å². The van der Waals surface area contributed by atoms with E-state index in [4.69, 9.17) is 47.4 Å². The number of carbonyl (C=O) groups excluding carboxylic acids is 2. The highest BCUT2D eigenvalue weighted by Gasteiger charge is 2.17. The van der Waals surface area contributed by atoms with Gasteiger partial charge in [-0.2, -0.15) is 0 Å². The summed E-state index contributed by atoms with van der Waals surface area (Å²) in [6.45, 7) is 11.2. The van der Waals surface area contributed by atoms with Crippen LogP contribution in [0.4, 0.5) is 0 Å². The molecule has 0 saturated carbocycles. The Morgan fingerprint density at radius 3 is 0.981 bits per heavy atom. The molecule has 0 heterocycles. The third kappa shape index (κ3) is 35.5. The van der Waals surface area contributed by atoms with Crippen LogP contribution in [0.5, 0.6) is 0 Å². The molecule has 0 fully saturated rings. The van der Waals surface area contributed by atoms with Crippen molar-refractivity contribution < 1.29 is 57.0 Å². The van der Waals surface area contributed by atoms with Gasteiger partial charge in [0.1, 0.15) is 6.61 Å². The molecule has 0 N–H and O–H groups in total. The predicted molar refractivity (Wildman–Crippen MR) is 205 cm³/mol. The molecule has 308 valence electrons. The lowest BCUT2D eigenvalue weighted by Crippen LogP contribution is -2.20. The number of unbranched alkanes of at least 4 members (excludes halogenated alkanes) is 12. The minimum Gasteiger partial charge on any atom is -0.457 e. The number of benzene rings is 1. The third-order valence-corrected chi connectivity index (χ3v) is 8.05. The lowest BCUT2D eigenvalue weighted by atomic mass is 10.0. The lowest BCUT2D eigenvalue weighted by molar-refractivity contribution is -0.139. The summed E-state index contributed by atoms with van der Waals surface area (Å²) >= 11 is 0. The first-order valence-electron chi connectivity index (χ1n) is 20.2. The summed E-state index contributed by atoms with van der Waals surface area (Å²) in [5.41, 5.74) is 0.300. The quantitative estimate of drug-likeness (QED) is 0.0307. The summed E-state index contributed by atoms with van der Waals surface area (Å²) in [6.07, 6.45) is 17.7. The van der Waals surface area contributed by atoms with Crippen LogP contribution in [0.15, 0.2) is 30.3 Å². The van der Waals surface area contributed by atoms with Crippen LogP contribution in [0.1, 0.15) is 101 Å². The van der Waals surface area contributed by atoms with E-state index in [1.54, 1.807) is 30.3 Å². The highest BCUT2D eigenvalue weighted by Crippen LogP contribution is 2.12. The van der Waals surface area contributed by atoms with Crippen molar-refractivity contribution in [3.8, 4) is 0 Å². The van der Waals surface area contributed by atoms with Gasteiger partial charge in [-0.15, -0.1) is 0 Å². The minimum atomic E-state index is -0.892. The van der Waals surface area contributed by atoms with Crippen LogP contribution in [-0.4, -0.2) is 137 Å². The van der Waals surface area contributed by atoms with E-state index in [1.807, 2.05) is 0 Å². The summed E-state index contributed by atoms with van der Waals surface area (Å²) < 4.78 is 54.4. The maximum atomic E-state index is 11.9. The van der Waals surface area contributed by atoms with Crippen LogP contribution in [0.2, 0.25) is 0 Å². The van der Waals surface area contributed by atoms with Gasteiger partial charge in [0.15, 0.2) is 0 Å². The average molecular weight is 757 g/mol. The number of Topliss-reactive ketones (excluding diaryl/α,β-unsaturated/α-hetero) is 1. The zero-order valence-corrected chi connectivity index (χ0v) is 32.9. The molecule has 0 aliphatic rings. The molecule has 0 aromatic heterocycles. The molecule has 0 aliphatic heterocycles. The normalized spacial score (nSPS) is 11.3. The Morgan fingerprint density at radius 1 is 0.358 bits per heavy atom. The van der Waals surface area contributed by atoms with Gasteiger partial charge in [0.05, 0.1) is 112 Å². The van der Waals surface area contributed by atoms with Crippen molar-refractivity contribution in [2.24, 2.45) is 0 Å². The number of ketones is 1. The van der Waals surface area contributed by atoms with Gasteiger partial charge in [-0.1, -0.05) is 114 Å². The molecule has 0 spiro atoms. The SMILES string of the molecule is CCCCCCCCCCCCCCCOCCOCCOCCOCCOCCOCCOCCOCCOCCOC(=O)C(=O)c1ccccc1. The Hall–Kier alpha value is -2.00. The summed E-state index contributed by atoms with van der Waals surface area (Å²) in [4.78, 5) is 23.6. The Balaban J connectivity index is 1.64. The second kappa shape index (κ2) is 41.2. The van der Waals surface area contributed by atoms with Crippen LogP contribution in [-0.2, 0) is 52.2 Å². The van der Waals surface area contributed by atoms with Gasteiger partial charge in [0.2, 0.25) is 0 Å². The van der Waals surface area contributed by atoms with Crippen LogP contribution in [0, 0.1) is 0 Å². The standard InChI is InChI=1S/C41H72O12/c1-2-3-4-5-6-7-8-9-10-11-12-13-17-20-44-21-22-45-23-24-46-25-26-47-27-28-48-29-30-49-31-32-50-33-34-51-35-36-52-37-38-53-41(43)40(42)39-18-15-14-16-19-39/h14-16,18-19H,2-13,17,20-38H2,1H3. The maximum absolute atomic E-state index is 11.9. The highest BCUT2D eigenvalue weighted by atomic mass is 16.6. The van der Waals surface area contributed by atoms with Gasteiger partial charge in [-0.3, -0.25) is 4.79 Å². The maximum Gasteiger partial charge on any atom is 0.379 e. The Labute approximate surface area is 320 Å². The first-order chi connectivity index (χ1) is 26.3. The lowest BCUT2D eigenvalue weighted by Gasteiger charge is -2.09. The van der Waals surface area contributed by atoms with E-state index in [0.29, 0.717) is 111 Å². The number of hydrogen-bond donors (Lipinski definition) is 0. The van der Waals surface area contributed by atoms with Crippen molar-refractivity contribution in [1.82, 2.24) is 0 Å². The Kier molecular flexibility index (Phi) is 38.1. The van der Waals surface area contributed by atoms with Crippen molar-refractivity contribution in [3.63, 3.8) is 0 Å². The molecule has 0 radical (unpaired) electrons. The molecule has 0 aliphatic carbocycles. The number of carbonyl (C=O) groups is 2. The van der Waals surface area contributed by atoms with E-state index in [1.165, 1.54) is 77.0 Å². The molecule has 0 unspecified atom stereocenters. The van der Waals surface area contributed by atoms with Gasteiger partial charge in [-0.05, 0) is 6.42 Å². The van der Waals surface area contributed by atoms with Gasteiger partial charge >= 0.3 is 5.97 Å². The van der Waals surface area contributed by atoms with Crippen molar-refractivity contribution >= 4 is 11.8 Å². The highest BCUT2D eigenvalue weighted by molar-refractivity contribution is 6.40. The second-order valence-electron chi connectivity index (χ2n) is 12.6. The van der Waals surface area contributed by atoms with E-state index < -0.39 is 11.8 Å². The van der Waals surface area contributed by atoms with Crippen molar-refractivity contribution in [3.05, 3.63) is 35.9 Å². The van der Waals surface area contributed by atoms with E-state index in [2.05, 4.69) is 6.92 Å². The molecular formula is C41H72O12. The van der Waals surface area contributed by atoms with Crippen LogP contribution < -0.4 is 0 Å². The first kappa shape index (κ1) is 49.0. The molecule has 0 amide bonds. The van der Waals surface area contributed by atoms with Crippen molar-refractivity contribution in [1.29, 1.82) is 0 Å². The number of ether oxygens (including phenoxy) is 10. The summed E-state index contributed by atoms with van der Waals surface area (Å²) in [7, 11) is 0. The molecule has 1 aromatic carbocycles. The van der Waals surface area contributed by atoms with Gasteiger partial charge in [0.25, 0.3) is 5.78 Å². The first-order valence-corrected chi connectivity index (χ1v) is 20.2. The van der Waals surface area contributed by atoms with Crippen LogP contribution in [0.25, 0.3) is 0 Å². The zero-order valence-electron chi connectivity index (χ0n) is 32.9. The van der Waals surface area contributed by atoms with Gasteiger partial charge in [-0.25, -0.2) is 4.79 Å². The zero-order chi connectivity index (χ0) is 38.0. The molecule has 0 saturated heterocycles. The molecule has 53 heavy (non-hydrogen) atoms. The molecule has 0 bridgehead atoms. The molecular weight excluding hydrogens is 684 g/mol. The summed E-state index contributed by atoms with van der Waals surface area (Å²) in [6, 6.07) is 8.28. The van der Waals surface area contributed by atoms with E-state index in [9.17, 15) is 9.59 Å². The minimum absolute atomic E-state index is 0.00220. The Bertz CT molecular complexity index is 904. The van der Waals surface area contributed by atoms with E-state index in [-0.39, 0.29) is 13.2 Å². The van der Waals surface area contributed by atoms with Gasteiger partial charge < -0.3 is 47.4 Å². The van der Waals surface area contributed by atoms with Gasteiger partial charge in [0, 0.05) is 12.2 Å². The molecule has 12 nitrogen and oxygen atoms in total. The largest absolute Gasteiger partial charge is 0.457 e. The van der Waals surface area contributed by atoms with Crippen LogP contribution in [0.3, 0.4) is 0 Å². The molecule has 0 atom stereocenters. The summed E-state index contributed by atoms with van der Waals surface area (Å²) in [5.74, 6) is -1.56. The number of hydrogen-bond acceptors (Lipinski definition) is 12. The fraction of sp³-hybridized carbons (Fsp3) is 0.805. The second-order valence-corrected chi connectivity index (χ2v) is 12.6. The topological polar surface area (TPSA) is 126 Å². The third-order valence-electron chi connectivity index (χ3n) is 8.05. The monoisotopic (exact) mass is 757 g/mol. The van der Waals surface area contributed by atoms with E-state index >= 15 is 0 Å². The number of rotatable bonds is 43. The molecule has 12 heteroatoms. The van der Waals surface area contributed by atoms with Crippen molar-refractivity contribution in [2.45, 2.75) is 90.4 Å². The fourth-order valence-corrected chi connectivity index (χ4v) is 5.05. The molecule has 1 aromatic rings.